The molecule has 4 N–H and O–H groups in total. The van der Waals surface area contributed by atoms with Gasteiger partial charge in [-0.25, -0.2) is 0 Å². The highest BCUT2D eigenvalue weighted by Gasteiger charge is 1.97. The minimum atomic E-state index is 0.581. The molecule has 0 saturated carbocycles. The summed E-state index contributed by atoms with van der Waals surface area (Å²) in [5, 5.41) is 0. The zero-order chi connectivity index (χ0) is 10.7. The van der Waals surface area contributed by atoms with E-state index in [1.54, 1.807) is 0 Å². The molecule has 0 saturated heterocycles. The average molecular weight is 198 g/mol. The van der Waals surface area contributed by atoms with Crippen molar-refractivity contribution in [1.82, 2.24) is 0 Å². The van der Waals surface area contributed by atoms with Gasteiger partial charge in [0.15, 0.2) is 0 Å². The number of rotatable bonds is 2. The quantitative estimate of drug-likeness (QED) is 0.728. The Balaban J connectivity index is 2.37. The van der Waals surface area contributed by atoms with Gasteiger partial charge in [-0.05, 0) is 28.8 Å². The number of anilines is 1. The Labute approximate surface area is 89.5 Å². The summed E-state index contributed by atoms with van der Waals surface area (Å²) in [6.45, 7) is 0.581. The van der Waals surface area contributed by atoms with E-state index in [1.807, 2.05) is 36.4 Å². The maximum atomic E-state index is 5.73. The van der Waals surface area contributed by atoms with E-state index in [2.05, 4.69) is 12.1 Å². The Morgan fingerprint density at radius 3 is 2.20 bits per heavy atom. The predicted molar refractivity (Wildman–Crippen MR) is 64.2 cm³/mol. The predicted octanol–water partition coefficient (Wildman–Crippen LogP) is 2.39. The van der Waals surface area contributed by atoms with Crippen LogP contribution in [0.2, 0.25) is 0 Å². The molecule has 0 unspecified atom stereocenters. The average Bonchev–Trinajstić information content (AvgIpc) is 2.29. The van der Waals surface area contributed by atoms with E-state index in [1.165, 1.54) is 5.56 Å². The third kappa shape index (κ3) is 2.17. The van der Waals surface area contributed by atoms with Gasteiger partial charge in [0.2, 0.25) is 0 Å². The summed E-state index contributed by atoms with van der Waals surface area (Å²) in [6, 6.07) is 16.1. The van der Waals surface area contributed by atoms with Gasteiger partial charge in [-0.1, -0.05) is 36.4 Å². The maximum Gasteiger partial charge on any atom is 0.0320 e. The lowest BCUT2D eigenvalue weighted by Crippen LogP contribution is -1.95. The summed E-state index contributed by atoms with van der Waals surface area (Å²) in [5.74, 6) is 0. The van der Waals surface area contributed by atoms with Crippen molar-refractivity contribution < 1.29 is 0 Å². The molecule has 2 heteroatoms. The zero-order valence-electron chi connectivity index (χ0n) is 8.48. The van der Waals surface area contributed by atoms with Gasteiger partial charge in [-0.2, -0.15) is 0 Å². The smallest absolute Gasteiger partial charge is 0.0320 e. The summed E-state index contributed by atoms with van der Waals surface area (Å²) in [6.07, 6.45) is 0. The largest absolute Gasteiger partial charge is 0.399 e. The SMILES string of the molecule is NCc1ccc(-c2cccc(N)c2)cc1. The molecular formula is C13H14N2. The molecule has 0 aromatic heterocycles. The molecular weight excluding hydrogens is 184 g/mol. The van der Waals surface area contributed by atoms with Gasteiger partial charge in [0.25, 0.3) is 0 Å². The number of hydrogen-bond donors (Lipinski definition) is 2. The van der Waals surface area contributed by atoms with Crippen molar-refractivity contribution in [3.8, 4) is 11.1 Å². The van der Waals surface area contributed by atoms with Crippen LogP contribution in [0.4, 0.5) is 5.69 Å². The Morgan fingerprint density at radius 1 is 0.867 bits per heavy atom. The first-order valence-corrected chi connectivity index (χ1v) is 4.94. The van der Waals surface area contributed by atoms with Crippen LogP contribution in [0.1, 0.15) is 5.56 Å². The van der Waals surface area contributed by atoms with Crippen LogP contribution in [0.5, 0.6) is 0 Å². The Hall–Kier alpha value is -1.80. The molecule has 0 fully saturated rings. The van der Waals surface area contributed by atoms with Gasteiger partial charge in [0.05, 0.1) is 0 Å². The van der Waals surface area contributed by atoms with Crippen molar-refractivity contribution in [3.05, 3.63) is 54.1 Å². The first kappa shape index (κ1) is 9.74. The Bertz CT molecular complexity index is 446. The lowest BCUT2D eigenvalue weighted by molar-refractivity contribution is 1.07. The highest BCUT2D eigenvalue weighted by atomic mass is 14.5. The van der Waals surface area contributed by atoms with Crippen molar-refractivity contribution in [2.75, 3.05) is 5.73 Å². The lowest BCUT2D eigenvalue weighted by atomic mass is 10.0. The molecule has 2 aromatic carbocycles. The third-order valence-electron chi connectivity index (χ3n) is 2.41. The van der Waals surface area contributed by atoms with Crippen LogP contribution in [0, 0.1) is 0 Å². The van der Waals surface area contributed by atoms with E-state index in [4.69, 9.17) is 11.5 Å². The molecule has 2 nitrogen and oxygen atoms in total. The molecule has 0 aliphatic rings. The number of nitrogens with two attached hydrogens (primary N) is 2. The van der Waals surface area contributed by atoms with Crippen molar-refractivity contribution >= 4 is 5.69 Å². The van der Waals surface area contributed by atoms with Crippen LogP contribution < -0.4 is 11.5 Å². The minimum absolute atomic E-state index is 0.581. The first-order chi connectivity index (χ1) is 7.29. The van der Waals surface area contributed by atoms with Gasteiger partial charge in [0, 0.05) is 12.2 Å². The molecule has 0 amide bonds. The minimum Gasteiger partial charge on any atom is -0.399 e. The van der Waals surface area contributed by atoms with Gasteiger partial charge < -0.3 is 11.5 Å². The summed E-state index contributed by atoms with van der Waals surface area (Å²) in [4.78, 5) is 0. The second-order valence-electron chi connectivity index (χ2n) is 3.53. The highest BCUT2D eigenvalue weighted by molar-refractivity contribution is 5.67. The topological polar surface area (TPSA) is 52.0 Å². The summed E-state index contributed by atoms with van der Waals surface area (Å²) >= 11 is 0. The molecule has 0 heterocycles. The van der Waals surface area contributed by atoms with Crippen LogP contribution >= 0.6 is 0 Å². The third-order valence-corrected chi connectivity index (χ3v) is 2.41. The van der Waals surface area contributed by atoms with Gasteiger partial charge >= 0.3 is 0 Å². The summed E-state index contributed by atoms with van der Waals surface area (Å²) in [5.41, 5.74) is 15.5. The van der Waals surface area contributed by atoms with Crippen LogP contribution in [0.3, 0.4) is 0 Å². The van der Waals surface area contributed by atoms with Crippen molar-refractivity contribution in [1.29, 1.82) is 0 Å². The van der Waals surface area contributed by atoms with E-state index >= 15 is 0 Å². The van der Waals surface area contributed by atoms with Gasteiger partial charge in [-0.15, -0.1) is 0 Å². The van der Waals surface area contributed by atoms with Crippen molar-refractivity contribution in [2.45, 2.75) is 6.54 Å². The maximum absolute atomic E-state index is 5.73. The molecule has 0 radical (unpaired) electrons. The second-order valence-corrected chi connectivity index (χ2v) is 3.53. The first-order valence-electron chi connectivity index (χ1n) is 4.94. The molecule has 0 bridgehead atoms. The monoisotopic (exact) mass is 198 g/mol. The van der Waals surface area contributed by atoms with Crippen molar-refractivity contribution in [3.63, 3.8) is 0 Å². The molecule has 0 atom stereocenters. The summed E-state index contributed by atoms with van der Waals surface area (Å²) < 4.78 is 0. The fraction of sp³-hybridized carbons (Fsp3) is 0.0769. The van der Waals surface area contributed by atoms with Crippen LogP contribution in [0.25, 0.3) is 11.1 Å². The summed E-state index contributed by atoms with van der Waals surface area (Å²) in [7, 11) is 0. The molecule has 76 valence electrons. The van der Waals surface area contributed by atoms with Crippen LogP contribution in [0.15, 0.2) is 48.5 Å². The second kappa shape index (κ2) is 4.15. The molecule has 2 aromatic rings. The lowest BCUT2D eigenvalue weighted by Gasteiger charge is -2.03. The molecule has 0 aliphatic heterocycles. The normalized spacial score (nSPS) is 10.2. The molecule has 0 spiro atoms. The fourth-order valence-corrected chi connectivity index (χ4v) is 1.55. The van der Waals surface area contributed by atoms with Crippen molar-refractivity contribution in [2.24, 2.45) is 5.73 Å². The van der Waals surface area contributed by atoms with E-state index in [-0.39, 0.29) is 0 Å². The fourth-order valence-electron chi connectivity index (χ4n) is 1.55. The number of nitrogen functional groups attached to an aromatic ring is 1. The number of benzene rings is 2. The van der Waals surface area contributed by atoms with E-state index in [9.17, 15) is 0 Å². The molecule has 0 aliphatic carbocycles. The number of hydrogen-bond acceptors (Lipinski definition) is 2. The standard InChI is InChI=1S/C13H14N2/c14-9-10-4-6-11(7-5-10)12-2-1-3-13(15)8-12/h1-8H,9,14-15H2. The van der Waals surface area contributed by atoms with Crippen LogP contribution in [-0.4, -0.2) is 0 Å². The Morgan fingerprint density at radius 2 is 1.60 bits per heavy atom. The van der Waals surface area contributed by atoms with E-state index < -0.39 is 0 Å². The van der Waals surface area contributed by atoms with Crippen LogP contribution in [-0.2, 0) is 6.54 Å². The zero-order valence-corrected chi connectivity index (χ0v) is 8.48. The Kier molecular flexibility index (Phi) is 2.70. The van der Waals surface area contributed by atoms with Gasteiger partial charge in [0.1, 0.15) is 0 Å². The van der Waals surface area contributed by atoms with E-state index in [0.29, 0.717) is 6.54 Å². The molecule has 2 rings (SSSR count). The molecule has 15 heavy (non-hydrogen) atoms. The highest BCUT2D eigenvalue weighted by Crippen LogP contribution is 2.21. The van der Waals surface area contributed by atoms with E-state index in [0.717, 1.165) is 16.8 Å². The van der Waals surface area contributed by atoms with Gasteiger partial charge in [-0.3, -0.25) is 0 Å².